The van der Waals surface area contributed by atoms with E-state index < -0.39 is 29.7 Å². The van der Waals surface area contributed by atoms with Crippen molar-refractivity contribution in [2.75, 3.05) is 26.2 Å². The van der Waals surface area contributed by atoms with Crippen LogP contribution in [-0.4, -0.2) is 74.4 Å². The number of aromatic nitrogens is 1. The van der Waals surface area contributed by atoms with Crippen LogP contribution in [0, 0.1) is 0 Å². The van der Waals surface area contributed by atoms with Crippen molar-refractivity contribution < 1.29 is 29.3 Å². The summed E-state index contributed by atoms with van der Waals surface area (Å²) in [7, 11) is 0. The molecule has 1 aromatic heterocycles. The summed E-state index contributed by atoms with van der Waals surface area (Å²) in [5, 5.41) is 20.3. The van der Waals surface area contributed by atoms with Crippen molar-refractivity contribution in [1.29, 1.82) is 0 Å². The number of hydrogen-bond acceptors (Lipinski definition) is 5. The van der Waals surface area contributed by atoms with Crippen molar-refractivity contribution in [2.45, 2.75) is 39.0 Å². The van der Waals surface area contributed by atoms with E-state index in [9.17, 15) is 24.6 Å². The van der Waals surface area contributed by atoms with E-state index in [0.29, 0.717) is 47.7 Å². The van der Waals surface area contributed by atoms with Gasteiger partial charge in [0.1, 0.15) is 18.2 Å². The van der Waals surface area contributed by atoms with Crippen LogP contribution in [-0.2, 0) is 20.9 Å². The van der Waals surface area contributed by atoms with Gasteiger partial charge in [0.25, 0.3) is 0 Å². The van der Waals surface area contributed by atoms with Gasteiger partial charge >= 0.3 is 18.0 Å². The standard InChI is InChI=1S/C21H26ClN3O6/c1-21(2,3)31-20(30)24-8-6-23(7-9-24)18(19(28)29)15-11-25(12-17(26)27)16-10-13(22)4-5-14(15)16/h4-5,10-11,18H,6-9,12H2,1-3H3,(H,26,27)(H,28,29)/t18-/m1/s1. The lowest BCUT2D eigenvalue weighted by Crippen LogP contribution is -2.51. The largest absolute Gasteiger partial charge is 0.480 e. The summed E-state index contributed by atoms with van der Waals surface area (Å²) >= 11 is 6.08. The number of ether oxygens (including phenoxy) is 1. The molecule has 0 bridgehead atoms. The molecule has 1 fully saturated rings. The lowest BCUT2D eigenvalue weighted by molar-refractivity contribution is -0.144. The van der Waals surface area contributed by atoms with Crippen LogP contribution in [0.25, 0.3) is 10.9 Å². The Morgan fingerprint density at radius 2 is 1.77 bits per heavy atom. The van der Waals surface area contributed by atoms with Crippen LogP contribution in [0.5, 0.6) is 0 Å². The highest BCUT2D eigenvalue weighted by Crippen LogP contribution is 2.33. The molecule has 2 N–H and O–H groups in total. The molecule has 0 saturated carbocycles. The summed E-state index contributed by atoms with van der Waals surface area (Å²) in [5.74, 6) is -2.09. The van der Waals surface area contributed by atoms with Crippen molar-refractivity contribution >= 4 is 40.5 Å². The van der Waals surface area contributed by atoms with Crippen LogP contribution >= 0.6 is 11.6 Å². The number of aliphatic carboxylic acids is 2. The van der Waals surface area contributed by atoms with Gasteiger partial charge in [-0.25, -0.2) is 4.79 Å². The van der Waals surface area contributed by atoms with Gasteiger partial charge in [0, 0.05) is 48.3 Å². The monoisotopic (exact) mass is 451 g/mol. The first-order chi connectivity index (χ1) is 14.5. The first-order valence-electron chi connectivity index (χ1n) is 9.91. The Balaban J connectivity index is 1.87. The third-order valence-electron chi connectivity index (χ3n) is 5.04. The quantitative estimate of drug-likeness (QED) is 0.718. The van der Waals surface area contributed by atoms with Gasteiger partial charge in [-0.1, -0.05) is 17.7 Å². The maximum absolute atomic E-state index is 12.3. The minimum absolute atomic E-state index is 0.310. The van der Waals surface area contributed by atoms with Crippen molar-refractivity contribution in [3.8, 4) is 0 Å². The second kappa shape index (κ2) is 8.76. The van der Waals surface area contributed by atoms with Crippen LogP contribution in [0.4, 0.5) is 4.79 Å². The summed E-state index contributed by atoms with van der Waals surface area (Å²) in [4.78, 5) is 39.2. The molecule has 0 aliphatic carbocycles. The maximum Gasteiger partial charge on any atom is 0.410 e. The average Bonchev–Trinajstić information content (AvgIpc) is 2.97. The van der Waals surface area contributed by atoms with Crippen molar-refractivity contribution in [1.82, 2.24) is 14.4 Å². The predicted octanol–water partition coefficient (Wildman–Crippen LogP) is 3.06. The molecule has 2 aromatic rings. The second-order valence-electron chi connectivity index (χ2n) is 8.51. The normalized spacial score (nSPS) is 16.3. The Bertz CT molecular complexity index is 1000. The van der Waals surface area contributed by atoms with Crippen LogP contribution in [0.1, 0.15) is 32.4 Å². The zero-order valence-corrected chi connectivity index (χ0v) is 18.4. The van der Waals surface area contributed by atoms with Gasteiger partial charge in [0.2, 0.25) is 0 Å². The lowest BCUT2D eigenvalue weighted by atomic mass is 10.0. The predicted molar refractivity (Wildman–Crippen MR) is 114 cm³/mol. The Hall–Kier alpha value is -2.78. The van der Waals surface area contributed by atoms with E-state index in [4.69, 9.17) is 16.3 Å². The van der Waals surface area contributed by atoms with Gasteiger partial charge in [-0.2, -0.15) is 0 Å². The molecule has 1 aliphatic heterocycles. The van der Waals surface area contributed by atoms with Gasteiger partial charge in [-0.3, -0.25) is 14.5 Å². The van der Waals surface area contributed by atoms with E-state index in [0.717, 1.165) is 0 Å². The second-order valence-corrected chi connectivity index (χ2v) is 8.95. The van der Waals surface area contributed by atoms with E-state index in [-0.39, 0.29) is 6.54 Å². The molecule has 1 amide bonds. The van der Waals surface area contributed by atoms with Crippen molar-refractivity contribution in [3.05, 3.63) is 35.0 Å². The number of carboxylic acids is 2. The van der Waals surface area contributed by atoms with Gasteiger partial charge in [0.15, 0.2) is 0 Å². The number of hydrogen-bond donors (Lipinski definition) is 2. The van der Waals surface area contributed by atoms with Gasteiger partial charge in [0.05, 0.1) is 5.52 Å². The highest BCUT2D eigenvalue weighted by atomic mass is 35.5. The minimum atomic E-state index is -1.05. The molecular weight excluding hydrogens is 426 g/mol. The minimum Gasteiger partial charge on any atom is -0.480 e. The summed E-state index contributed by atoms with van der Waals surface area (Å²) < 4.78 is 6.89. The maximum atomic E-state index is 12.3. The molecule has 0 unspecified atom stereocenters. The van der Waals surface area contributed by atoms with Crippen molar-refractivity contribution in [2.24, 2.45) is 0 Å². The molecule has 1 aromatic carbocycles. The summed E-state index contributed by atoms with van der Waals surface area (Å²) in [6.07, 6.45) is 1.14. The summed E-state index contributed by atoms with van der Waals surface area (Å²) in [6.45, 7) is 6.42. The number of carboxylic acid groups (broad SMARTS) is 2. The van der Waals surface area contributed by atoms with Gasteiger partial charge in [-0.05, 0) is 32.9 Å². The molecule has 9 nitrogen and oxygen atoms in total. The van der Waals surface area contributed by atoms with Crippen LogP contribution < -0.4 is 0 Å². The molecule has 1 saturated heterocycles. The number of rotatable bonds is 5. The summed E-state index contributed by atoms with van der Waals surface area (Å²) in [5.41, 5.74) is 0.445. The smallest absolute Gasteiger partial charge is 0.410 e. The molecule has 1 aliphatic rings. The fourth-order valence-corrected chi connectivity index (χ4v) is 3.93. The average molecular weight is 452 g/mol. The number of nitrogens with zero attached hydrogens (tertiary/aromatic N) is 3. The summed E-state index contributed by atoms with van der Waals surface area (Å²) in [6, 6.07) is 4.00. The number of amides is 1. The van der Waals surface area contributed by atoms with E-state index >= 15 is 0 Å². The van der Waals surface area contributed by atoms with Crippen molar-refractivity contribution in [3.63, 3.8) is 0 Å². The van der Waals surface area contributed by atoms with E-state index in [2.05, 4.69) is 0 Å². The Labute approximate surface area is 184 Å². The molecule has 10 heteroatoms. The van der Waals surface area contributed by atoms with Crippen LogP contribution in [0.3, 0.4) is 0 Å². The lowest BCUT2D eigenvalue weighted by Gasteiger charge is -2.38. The number of carbonyl (C=O) groups excluding carboxylic acids is 1. The molecular formula is C21H26ClN3O6. The number of benzene rings is 1. The van der Waals surface area contributed by atoms with E-state index in [1.54, 1.807) is 55.0 Å². The zero-order chi connectivity index (χ0) is 22.9. The topological polar surface area (TPSA) is 112 Å². The van der Waals surface area contributed by atoms with Gasteiger partial charge < -0.3 is 24.4 Å². The molecule has 3 rings (SSSR count). The van der Waals surface area contributed by atoms with Crippen LogP contribution in [0.15, 0.2) is 24.4 Å². The first-order valence-corrected chi connectivity index (χ1v) is 10.3. The number of carbonyl (C=O) groups is 3. The molecule has 0 radical (unpaired) electrons. The molecule has 168 valence electrons. The molecule has 1 atom stereocenters. The fourth-order valence-electron chi connectivity index (χ4n) is 3.76. The Morgan fingerprint density at radius 3 is 2.32 bits per heavy atom. The molecule has 2 heterocycles. The Kier molecular flexibility index (Phi) is 6.47. The van der Waals surface area contributed by atoms with Gasteiger partial charge in [-0.15, -0.1) is 0 Å². The highest BCUT2D eigenvalue weighted by Gasteiger charge is 2.34. The fraction of sp³-hybridized carbons (Fsp3) is 0.476. The van der Waals surface area contributed by atoms with Crippen LogP contribution in [0.2, 0.25) is 5.02 Å². The highest BCUT2D eigenvalue weighted by molar-refractivity contribution is 6.31. The third kappa shape index (κ3) is 5.29. The van der Waals surface area contributed by atoms with E-state index in [1.165, 1.54) is 4.57 Å². The number of halogens is 1. The number of piperazine rings is 1. The zero-order valence-electron chi connectivity index (χ0n) is 17.7. The molecule has 0 spiro atoms. The van der Waals surface area contributed by atoms with E-state index in [1.807, 2.05) is 0 Å². The first kappa shape index (κ1) is 22.9. The SMILES string of the molecule is CC(C)(C)OC(=O)N1CCN([C@@H](C(=O)O)c2cn(CC(=O)O)c3cc(Cl)ccc23)CC1. The molecule has 31 heavy (non-hydrogen) atoms. The number of fused-ring (bicyclic) bond motifs is 1. The third-order valence-corrected chi connectivity index (χ3v) is 5.28. The Morgan fingerprint density at radius 1 is 1.13 bits per heavy atom.